The van der Waals surface area contributed by atoms with Crippen LogP contribution in [0.3, 0.4) is 0 Å². The minimum atomic E-state index is -0.200. The SMILES string of the molecule is COCc1ccc(C(=O)NC(C)c2cc3ccccc3o2)cc1. The van der Waals surface area contributed by atoms with E-state index in [4.69, 9.17) is 9.15 Å². The summed E-state index contributed by atoms with van der Waals surface area (Å²) in [5, 5.41) is 4.00. The average molecular weight is 309 g/mol. The molecule has 1 heterocycles. The highest BCUT2D eigenvalue weighted by molar-refractivity contribution is 5.94. The quantitative estimate of drug-likeness (QED) is 0.773. The normalized spacial score (nSPS) is 12.3. The molecule has 4 heteroatoms. The Labute approximate surface area is 135 Å². The van der Waals surface area contributed by atoms with Gasteiger partial charge in [-0.3, -0.25) is 4.79 Å². The van der Waals surface area contributed by atoms with Crippen LogP contribution in [0, 0.1) is 0 Å². The van der Waals surface area contributed by atoms with Crippen LogP contribution in [0.25, 0.3) is 11.0 Å². The number of carbonyl (C=O) groups is 1. The molecule has 2 aromatic carbocycles. The Morgan fingerprint density at radius 2 is 1.91 bits per heavy atom. The van der Waals surface area contributed by atoms with E-state index >= 15 is 0 Å². The summed E-state index contributed by atoms with van der Waals surface area (Å²) < 4.78 is 10.9. The van der Waals surface area contributed by atoms with Crippen molar-refractivity contribution in [2.24, 2.45) is 0 Å². The predicted molar refractivity (Wildman–Crippen MR) is 89.3 cm³/mol. The fourth-order valence-electron chi connectivity index (χ4n) is 2.49. The van der Waals surface area contributed by atoms with Gasteiger partial charge >= 0.3 is 0 Å². The average Bonchev–Trinajstić information content (AvgIpc) is 3.00. The minimum Gasteiger partial charge on any atom is -0.459 e. The lowest BCUT2D eigenvalue weighted by Gasteiger charge is -2.11. The van der Waals surface area contributed by atoms with E-state index in [0.717, 1.165) is 22.3 Å². The molecule has 3 aromatic rings. The van der Waals surface area contributed by atoms with Crippen LogP contribution in [0.15, 0.2) is 59.0 Å². The summed E-state index contributed by atoms with van der Waals surface area (Å²) in [6, 6.07) is 17.0. The van der Waals surface area contributed by atoms with Gasteiger partial charge in [-0.15, -0.1) is 0 Å². The number of fused-ring (bicyclic) bond motifs is 1. The Balaban J connectivity index is 1.71. The van der Waals surface area contributed by atoms with Gasteiger partial charge in [-0.2, -0.15) is 0 Å². The third-order valence-corrected chi connectivity index (χ3v) is 3.75. The molecule has 0 aliphatic heterocycles. The molecule has 1 N–H and O–H groups in total. The molecule has 3 rings (SSSR count). The van der Waals surface area contributed by atoms with Crippen LogP contribution in [0.5, 0.6) is 0 Å². The zero-order valence-corrected chi connectivity index (χ0v) is 13.2. The Kier molecular flexibility index (Phi) is 4.44. The molecular formula is C19H19NO3. The first-order chi connectivity index (χ1) is 11.2. The van der Waals surface area contributed by atoms with Crippen molar-refractivity contribution in [3.8, 4) is 0 Å². The maximum absolute atomic E-state index is 12.3. The van der Waals surface area contributed by atoms with Gasteiger partial charge in [0.15, 0.2) is 0 Å². The molecule has 1 unspecified atom stereocenters. The van der Waals surface area contributed by atoms with Gasteiger partial charge in [0.2, 0.25) is 0 Å². The lowest BCUT2D eigenvalue weighted by Crippen LogP contribution is -2.26. The van der Waals surface area contributed by atoms with Crippen molar-refractivity contribution in [2.75, 3.05) is 7.11 Å². The van der Waals surface area contributed by atoms with Crippen LogP contribution in [0.1, 0.15) is 34.6 Å². The number of methoxy groups -OCH3 is 1. The molecule has 118 valence electrons. The van der Waals surface area contributed by atoms with Crippen molar-refractivity contribution in [3.05, 3.63) is 71.5 Å². The van der Waals surface area contributed by atoms with E-state index in [1.165, 1.54) is 0 Å². The Hall–Kier alpha value is -2.59. The van der Waals surface area contributed by atoms with Crippen LogP contribution in [-0.4, -0.2) is 13.0 Å². The molecule has 4 nitrogen and oxygen atoms in total. The topological polar surface area (TPSA) is 51.5 Å². The van der Waals surface area contributed by atoms with E-state index in [-0.39, 0.29) is 11.9 Å². The van der Waals surface area contributed by atoms with E-state index in [2.05, 4.69) is 5.32 Å². The van der Waals surface area contributed by atoms with Gasteiger partial charge in [-0.25, -0.2) is 0 Å². The molecule has 0 bridgehead atoms. The highest BCUT2D eigenvalue weighted by Gasteiger charge is 2.15. The highest BCUT2D eigenvalue weighted by Crippen LogP contribution is 2.23. The van der Waals surface area contributed by atoms with Crippen LogP contribution in [0.2, 0.25) is 0 Å². The largest absolute Gasteiger partial charge is 0.459 e. The van der Waals surface area contributed by atoms with Crippen molar-refractivity contribution in [1.82, 2.24) is 5.32 Å². The molecule has 0 spiro atoms. The van der Waals surface area contributed by atoms with Crippen molar-refractivity contribution in [3.63, 3.8) is 0 Å². The van der Waals surface area contributed by atoms with Gasteiger partial charge < -0.3 is 14.5 Å². The molecule has 1 atom stereocenters. The number of nitrogens with one attached hydrogen (secondary N) is 1. The number of benzene rings is 2. The predicted octanol–water partition coefficient (Wildman–Crippen LogP) is 4.07. The molecule has 23 heavy (non-hydrogen) atoms. The summed E-state index contributed by atoms with van der Waals surface area (Å²) in [5.41, 5.74) is 2.48. The van der Waals surface area contributed by atoms with E-state index in [9.17, 15) is 4.79 Å². The first-order valence-corrected chi connectivity index (χ1v) is 7.54. The number of furan rings is 1. The minimum absolute atomic E-state index is 0.123. The van der Waals surface area contributed by atoms with Crippen LogP contribution in [-0.2, 0) is 11.3 Å². The second kappa shape index (κ2) is 6.67. The lowest BCUT2D eigenvalue weighted by atomic mass is 10.1. The van der Waals surface area contributed by atoms with Crippen molar-refractivity contribution in [2.45, 2.75) is 19.6 Å². The lowest BCUT2D eigenvalue weighted by molar-refractivity contribution is 0.0935. The third kappa shape index (κ3) is 3.43. The fraction of sp³-hybridized carbons (Fsp3) is 0.211. The highest BCUT2D eigenvalue weighted by atomic mass is 16.5. The number of hydrogen-bond acceptors (Lipinski definition) is 3. The molecular weight excluding hydrogens is 290 g/mol. The number of rotatable bonds is 5. The van der Waals surface area contributed by atoms with Crippen molar-refractivity contribution < 1.29 is 13.9 Å². The first-order valence-electron chi connectivity index (χ1n) is 7.54. The van der Waals surface area contributed by atoms with Crippen LogP contribution < -0.4 is 5.32 Å². The Morgan fingerprint density at radius 3 is 2.61 bits per heavy atom. The summed E-state index contributed by atoms with van der Waals surface area (Å²) in [7, 11) is 1.65. The molecule has 0 radical (unpaired) electrons. The number of hydrogen-bond donors (Lipinski definition) is 1. The van der Waals surface area contributed by atoms with Gasteiger partial charge in [-0.05, 0) is 36.8 Å². The standard InChI is InChI=1S/C19H19NO3/c1-13(18-11-16-5-3-4-6-17(16)23-18)20-19(21)15-9-7-14(8-10-15)12-22-2/h3-11,13H,12H2,1-2H3,(H,20,21). The Bertz CT molecular complexity index is 772. The van der Waals surface area contributed by atoms with E-state index < -0.39 is 0 Å². The number of para-hydroxylation sites is 1. The molecule has 0 aliphatic rings. The summed E-state index contributed by atoms with van der Waals surface area (Å²) >= 11 is 0. The van der Waals surface area contributed by atoms with Crippen LogP contribution >= 0.6 is 0 Å². The van der Waals surface area contributed by atoms with Crippen molar-refractivity contribution >= 4 is 16.9 Å². The van der Waals surface area contributed by atoms with Crippen LogP contribution in [0.4, 0.5) is 0 Å². The third-order valence-electron chi connectivity index (χ3n) is 3.75. The maximum Gasteiger partial charge on any atom is 0.251 e. The monoisotopic (exact) mass is 309 g/mol. The van der Waals surface area contributed by atoms with E-state index in [1.807, 2.05) is 49.4 Å². The summed E-state index contributed by atoms with van der Waals surface area (Å²) in [4.78, 5) is 12.3. The van der Waals surface area contributed by atoms with Gasteiger partial charge in [0.25, 0.3) is 5.91 Å². The number of ether oxygens (including phenoxy) is 1. The zero-order chi connectivity index (χ0) is 16.2. The van der Waals surface area contributed by atoms with Gasteiger partial charge in [0.1, 0.15) is 11.3 Å². The summed E-state index contributed by atoms with van der Waals surface area (Å²) in [6.07, 6.45) is 0. The maximum atomic E-state index is 12.3. The van der Waals surface area contributed by atoms with Gasteiger partial charge in [-0.1, -0.05) is 30.3 Å². The number of carbonyl (C=O) groups excluding carboxylic acids is 1. The molecule has 0 saturated carbocycles. The zero-order valence-electron chi connectivity index (χ0n) is 13.2. The van der Waals surface area contributed by atoms with Gasteiger partial charge in [0.05, 0.1) is 12.6 Å². The molecule has 0 aliphatic carbocycles. The first kappa shape index (κ1) is 15.3. The van der Waals surface area contributed by atoms with Crippen molar-refractivity contribution in [1.29, 1.82) is 0 Å². The van der Waals surface area contributed by atoms with E-state index in [1.54, 1.807) is 19.2 Å². The molecule has 1 amide bonds. The molecule has 1 aromatic heterocycles. The Morgan fingerprint density at radius 1 is 1.17 bits per heavy atom. The fourth-order valence-corrected chi connectivity index (χ4v) is 2.49. The summed E-state index contributed by atoms with van der Waals surface area (Å²) in [5.74, 6) is 0.623. The molecule has 0 saturated heterocycles. The van der Waals surface area contributed by atoms with Gasteiger partial charge in [0, 0.05) is 18.1 Å². The smallest absolute Gasteiger partial charge is 0.251 e. The van der Waals surface area contributed by atoms with E-state index in [0.29, 0.717) is 12.2 Å². The summed E-state index contributed by atoms with van der Waals surface area (Å²) in [6.45, 7) is 2.45. The molecule has 0 fully saturated rings. The second-order valence-corrected chi connectivity index (χ2v) is 5.51. The number of amides is 1. The second-order valence-electron chi connectivity index (χ2n) is 5.51.